The van der Waals surface area contributed by atoms with E-state index in [9.17, 15) is 4.21 Å². The molecular formula is C12H11NO2S. The molecule has 1 atom stereocenters. The maximum Gasteiger partial charge on any atom is 0.240 e. The van der Waals surface area contributed by atoms with Crippen molar-refractivity contribution in [2.75, 3.05) is 5.73 Å². The third-order valence-electron chi connectivity index (χ3n) is 2.02. The number of nitrogens with two attached hydrogens (primary N) is 1. The highest BCUT2D eigenvalue weighted by molar-refractivity contribution is 7.80. The topological polar surface area (TPSA) is 52.3 Å². The van der Waals surface area contributed by atoms with Crippen LogP contribution in [-0.4, -0.2) is 4.21 Å². The molecule has 0 amide bonds. The number of benzene rings is 2. The largest absolute Gasteiger partial charge is 0.396 e. The molecule has 0 spiro atoms. The summed E-state index contributed by atoms with van der Waals surface area (Å²) >= 11 is -1.52. The third kappa shape index (κ3) is 2.41. The van der Waals surface area contributed by atoms with Gasteiger partial charge in [-0.1, -0.05) is 30.3 Å². The molecule has 0 bridgehead atoms. The molecule has 0 aliphatic rings. The maximum atomic E-state index is 11.8. The lowest BCUT2D eigenvalue weighted by atomic mass is 10.3. The molecule has 3 nitrogen and oxygen atoms in total. The summed E-state index contributed by atoms with van der Waals surface area (Å²) in [6.45, 7) is 0. The Kier molecular flexibility index (Phi) is 3.22. The van der Waals surface area contributed by atoms with E-state index in [2.05, 4.69) is 0 Å². The molecular weight excluding hydrogens is 222 g/mol. The monoisotopic (exact) mass is 233 g/mol. The summed E-state index contributed by atoms with van der Waals surface area (Å²) in [7, 11) is 0. The molecule has 4 heteroatoms. The Bertz CT molecular complexity index is 499. The fourth-order valence-electron chi connectivity index (χ4n) is 1.22. The van der Waals surface area contributed by atoms with E-state index in [-0.39, 0.29) is 0 Å². The molecule has 0 radical (unpaired) electrons. The van der Waals surface area contributed by atoms with Gasteiger partial charge >= 0.3 is 0 Å². The first kappa shape index (κ1) is 10.7. The molecule has 0 saturated heterocycles. The zero-order chi connectivity index (χ0) is 11.4. The molecule has 16 heavy (non-hydrogen) atoms. The van der Waals surface area contributed by atoms with Gasteiger partial charge in [-0.15, -0.1) is 0 Å². The molecule has 0 aromatic heterocycles. The van der Waals surface area contributed by atoms with Crippen LogP contribution in [0.1, 0.15) is 0 Å². The van der Waals surface area contributed by atoms with E-state index < -0.39 is 11.1 Å². The lowest BCUT2D eigenvalue weighted by molar-refractivity contribution is 0.564. The second kappa shape index (κ2) is 4.81. The first-order valence-corrected chi connectivity index (χ1v) is 5.84. The van der Waals surface area contributed by atoms with Crippen molar-refractivity contribution in [3.05, 3.63) is 54.6 Å². The van der Waals surface area contributed by atoms with Gasteiger partial charge in [0.15, 0.2) is 5.75 Å². The molecule has 2 aromatic rings. The second-order valence-corrected chi connectivity index (χ2v) is 4.28. The highest BCUT2D eigenvalue weighted by Gasteiger charge is 2.07. The van der Waals surface area contributed by atoms with Gasteiger partial charge in [0.2, 0.25) is 11.1 Å². The van der Waals surface area contributed by atoms with Crippen molar-refractivity contribution < 1.29 is 8.39 Å². The summed E-state index contributed by atoms with van der Waals surface area (Å²) in [6.07, 6.45) is 0. The van der Waals surface area contributed by atoms with E-state index in [1.807, 2.05) is 18.2 Å². The van der Waals surface area contributed by atoms with Crippen molar-refractivity contribution in [1.29, 1.82) is 0 Å². The summed E-state index contributed by atoms with van der Waals surface area (Å²) in [4.78, 5) is 0.616. The molecule has 2 rings (SSSR count). The Labute approximate surface area is 96.5 Å². The van der Waals surface area contributed by atoms with Crippen molar-refractivity contribution in [2.45, 2.75) is 4.90 Å². The van der Waals surface area contributed by atoms with Gasteiger partial charge in [0.25, 0.3) is 0 Å². The van der Waals surface area contributed by atoms with Gasteiger partial charge in [-0.3, -0.25) is 0 Å². The standard InChI is InChI=1S/C12H11NO2S/c13-11-8-4-5-9-12(11)15-16(14)10-6-2-1-3-7-10/h1-9H,13H2. The average molecular weight is 233 g/mol. The zero-order valence-electron chi connectivity index (χ0n) is 8.50. The van der Waals surface area contributed by atoms with Crippen LogP contribution in [0.2, 0.25) is 0 Å². The van der Waals surface area contributed by atoms with Gasteiger partial charge in [-0.25, -0.2) is 4.21 Å². The molecule has 2 N–H and O–H groups in total. The quantitative estimate of drug-likeness (QED) is 0.828. The Morgan fingerprint density at radius 3 is 2.25 bits per heavy atom. The highest BCUT2D eigenvalue weighted by atomic mass is 32.2. The fraction of sp³-hybridized carbons (Fsp3) is 0. The van der Waals surface area contributed by atoms with Crippen molar-refractivity contribution in [3.8, 4) is 5.75 Å². The summed E-state index contributed by atoms with van der Waals surface area (Å²) < 4.78 is 17.1. The lowest BCUT2D eigenvalue weighted by Crippen LogP contribution is -2.02. The minimum absolute atomic E-state index is 0.435. The normalized spacial score (nSPS) is 12.0. The number of hydrogen-bond donors (Lipinski definition) is 1. The van der Waals surface area contributed by atoms with Crippen molar-refractivity contribution in [2.24, 2.45) is 0 Å². The van der Waals surface area contributed by atoms with Crippen LogP contribution in [0, 0.1) is 0 Å². The lowest BCUT2D eigenvalue weighted by Gasteiger charge is -2.06. The molecule has 0 aliphatic carbocycles. The van der Waals surface area contributed by atoms with Gasteiger partial charge < -0.3 is 9.92 Å². The average Bonchev–Trinajstić information content (AvgIpc) is 2.33. The number of anilines is 1. The number of hydrogen-bond acceptors (Lipinski definition) is 3. The molecule has 0 aliphatic heterocycles. The summed E-state index contributed by atoms with van der Waals surface area (Å²) in [5, 5.41) is 0. The van der Waals surface area contributed by atoms with Gasteiger partial charge in [-0.05, 0) is 24.3 Å². The van der Waals surface area contributed by atoms with E-state index in [1.165, 1.54) is 0 Å². The van der Waals surface area contributed by atoms with Crippen LogP contribution in [0.25, 0.3) is 0 Å². The van der Waals surface area contributed by atoms with Crippen LogP contribution >= 0.6 is 0 Å². The Morgan fingerprint density at radius 2 is 1.56 bits per heavy atom. The van der Waals surface area contributed by atoms with Crippen LogP contribution in [0.5, 0.6) is 5.75 Å². The van der Waals surface area contributed by atoms with Crippen LogP contribution in [0.3, 0.4) is 0 Å². The van der Waals surface area contributed by atoms with Crippen LogP contribution in [0.15, 0.2) is 59.5 Å². The summed E-state index contributed by atoms with van der Waals surface area (Å²) in [5.74, 6) is 0.435. The smallest absolute Gasteiger partial charge is 0.240 e. The van der Waals surface area contributed by atoms with Gasteiger partial charge in [-0.2, -0.15) is 0 Å². The van der Waals surface area contributed by atoms with Gasteiger partial charge in [0, 0.05) is 0 Å². The number of nitrogen functional groups attached to an aromatic ring is 1. The molecule has 82 valence electrons. The Hall–Kier alpha value is -1.81. The van der Waals surface area contributed by atoms with Gasteiger partial charge in [0.05, 0.1) is 10.6 Å². The van der Waals surface area contributed by atoms with E-state index in [0.717, 1.165) is 0 Å². The van der Waals surface area contributed by atoms with Gasteiger partial charge in [0.1, 0.15) is 0 Å². The molecule has 0 fully saturated rings. The van der Waals surface area contributed by atoms with Crippen molar-refractivity contribution in [3.63, 3.8) is 0 Å². The zero-order valence-corrected chi connectivity index (χ0v) is 9.31. The second-order valence-electron chi connectivity index (χ2n) is 3.17. The number of rotatable bonds is 3. The van der Waals surface area contributed by atoms with Crippen LogP contribution < -0.4 is 9.92 Å². The molecule has 2 aromatic carbocycles. The first-order valence-electron chi connectivity index (χ1n) is 4.77. The molecule has 0 saturated carbocycles. The minimum atomic E-state index is -1.52. The summed E-state index contributed by atoms with van der Waals surface area (Å²) in [5.41, 5.74) is 6.17. The molecule has 0 heterocycles. The first-order chi connectivity index (χ1) is 7.77. The van der Waals surface area contributed by atoms with E-state index in [0.29, 0.717) is 16.3 Å². The predicted molar refractivity (Wildman–Crippen MR) is 64.3 cm³/mol. The van der Waals surface area contributed by atoms with Crippen molar-refractivity contribution >= 4 is 16.8 Å². The third-order valence-corrected chi connectivity index (χ3v) is 3.01. The summed E-state index contributed by atoms with van der Waals surface area (Å²) in [6, 6.07) is 16.0. The van der Waals surface area contributed by atoms with Crippen LogP contribution in [-0.2, 0) is 11.1 Å². The highest BCUT2D eigenvalue weighted by Crippen LogP contribution is 2.22. The van der Waals surface area contributed by atoms with E-state index in [4.69, 9.17) is 9.92 Å². The van der Waals surface area contributed by atoms with Crippen LogP contribution in [0.4, 0.5) is 5.69 Å². The number of para-hydroxylation sites is 2. The maximum absolute atomic E-state index is 11.8. The fourth-order valence-corrected chi connectivity index (χ4v) is 2.01. The SMILES string of the molecule is Nc1ccccc1OS(=O)c1ccccc1. The van der Waals surface area contributed by atoms with E-state index >= 15 is 0 Å². The Morgan fingerprint density at radius 1 is 0.938 bits per heavy atom. The minimum Gasteiger partial charge on any atom is -0.396 e. The predicted octanol–water partition coefficient (Wildman–Crippen LogP) is 2.37. The van der Waals surface area contributed by atoms with Crippen molar-refractivity contribution in [1.82, 2.24) is 0 Å². The van der Waals surface area contributed by atoms with E-state index in [1.54, 1.807) is 36.4 Å². The molecule has 1 unspecified atom stereocenters. The Balaban J connectivity index is 2.18.